The molecular weight excluding hydrogens is 258 g/mol. The zero-order chi connectivity index (χ0) is 13.7. The van der Waals surface area contributed by atoms with E-state index in [4.69, 9.17) is 5.26 Å². The Labute approximate surface area is 115 Å². The number of nitrogens with one attached hydrogen (secondary N) is 1. The van der Waals surface area contributed by atoms with E-state index in [9.17, 15) is 4.79 Å². The fraction of sp³-hybridized carbons (Fsp3) is 0.214. The number of thiazole rings is 1. The summed E-state index contributed by atoms with van der Waals surface area (Å²) in [6, 6.07) is 9.07. The van der Waals surface area contributed by atoms with Crippen LogP contribution in [-0.4, -0.2) is 10.9 Å². The molecule has 1 aromatic heterocycles. The molecule has 0 aliphatic heterocycles. The Bertz CT molecular complexity index is 610. The monoisotopic (exact) mass is 271 g/mol. The minimum absolute atomic E-state index is 0.0439. The molecule has 2 rings (SSSR count). The number of nitriles is 1. The predicted octanol–water partition coefficient (Wildman–Crippen LogP) is 2.18. The second kappa shape index (κ2) is 6.12. The summed E-state index contributed by atoms with van der Waals surface area (Å²) in [5.74, 6) is -0.0439. The van der Waals surface area contributed by atoms with Crippen LogP contribution in [0.4, 0.5) is 0 Å². The summed E-state index contributed by atoms with van der Waals surface area (Å²) in [4.78, 5) is 16.0. The van der Waals surface area contributed by atoms with Gasteiger partial charge in [0.2, 0.25) is 5.91 Å². The molecule has 0 bridgehead atoms. The molecule has 4 nitrogen and oxygen atoms in total. The Kier molecular flexibility index (Phi) is 4.26. The molecule has 0 saturated carbocycles. The van der Waals surface area contributed by atoms with Crippen molar-refractivity contribution < 1.29 is 4.79 Å². The smallest absolute Gasteiger partial charge is 0.224 e. The number of nitrogens with zero attached hydrogens (tertiary/aromatic N) is 2. The van der Waals surface area contributed by atoms with E-state index >= 15 is 0 Å². The zero-order valence-corrected chi connectivity index (χ0v) is 11.3. The summed E-state index contributed by atoms with van der Waals surface area (Å²) in [5, 5.41) is 14.4. The van der Waals surface area contributed by atoms with E-state index < -0.39 is 0 Å². The van der Waals surface area contributed by atoms with Crippen LogP contribution in [0.3, 0.4) is 0 Å². The summed E-state index contributed by atoms with van der Waals surface area (Å²) in [5.41, 5.74) is 2.47. The molecule has 19 heavy (non-hydrogen) atoms. The van der Waals surface area contributed by atoms with Gasteiger partial charge in [0, 0.05) is 11.1 Å². The third-order valence-corrected chi connectivity index (χ3v) is 3.52. The molecule has 0 aliphatic rings. The first-order valence-corrected chi connectivity index (χ1v) is 6.72. The number of carbonyl (C=O) groups excluding carboxylic acids is 1. The normalized spacial score (nSPS) is 9.89. The van der Waals surface area contributed by atoms with E-state index in [-0.39, 0.29) is 5.91 Å². The van der Waals surface area contributed by atoms with Gasteiger partial charge in [-0.05, 0) is 24.6 Å². The van der Waals surface area contributed by atoms with Gasteiger partial charge >= 0.3 is 0 Å². The lowest BCUT2D eigenvalue weighted by Crippen LogP contribution is -2.24. The van der Waals surface area contributed by atoms with Crippen molar-refractivity contribution >= 4 is 17.2 Å². The topological polar surface area (TPSA) is 65.8 Å². The highest BCUT2D eigenvalue weighted by atomic mass is 32.1. The van der Waals surface area contributed by atoms with Gasteiger partial charge in [-0.2, -0.15) is 5.26 Å². The number of hydrogen-bond acceptors (Lipinski definition) is 4. The Morgan fingerprint density at radius 3 is 2.74 bits per heavy atom. The molecule has 1 amide bonds. The average molecular weight is 271 g/mol. The van der Waals surface area contributed by atoms with Gasteiger partial charge in [0.25, 0.3) is 0 Å². The van der Waals surface area contributed by atoms with E-state index in [2.05, 4.69) is 10.3 Å². The first-order chi connectivity index (χ1) is 9.17. The molecular formula is C14H13N3OS. The van der Waals surface area contributed by atoms with Gasteiger partial charge in [-0.3, -0.25) is 4.79 Å². The first kappa shape index (κ1) is 13.2. The van der Waals surface area contributed by atoms with Crippen LogP contribution >= 0.6 is 11.3 Å². The van der Waals surface area contributed by atoms with Crippen LogP contribution in [0.5, 0.6) is 0 Å². The number of carbonyl (C=O) groups is 1. The number of amides is 1. The SMILES string of the molecule is Cc1csc(CNC(=O)Cc2ccc(C#N)cc2)n1. The molecule has 0 unspecified atom stereocenters. The van der Waals surface area contributed by atoms with Gasteiger partial charge in [-0.15, -0.1) is 11.3 Å². The maximum Gasteiger partial charge on any atom is 0.224 e. The van der Waals surface area contributed by atoms with Crippen molar-refractivity contribution in [2.24, 2.45) is 0 Å². The van der Waals surface area contributed by atoms with Crippen LogP contribution in [0.25, 0.3) is 0 Å². The highest BCUT2D eigenvalue weighted by Gasteiger charge is 2.05. The highest BCUT2D eigenvalue weighted by molar-refractivity contribution is 7.09. The van der Waals surface area contributed by atoms with E-state index in [1.807, 2.05) is 18.4 Å². The zero-order valence-electron chi connectivity index (χ0n) is 10.5. The molecule has 96 valence electrons. The van der Waals surface area contributed by atoms with Crippen LogP contribution in [-0.2, 0) is 17.8 Å². The molecule has 0 spiro atoms. The van der Waals surface area contributed by atoms with Crippen molar-refractivity contribution in [2.75, 3.05) is 0 Å². The van der Waals surface area contributed by atoms with Crippen LogP contribution in [0.2, 0.25) is 0 Å². The predicted molar refractivity (Wildman–Crippen MR) is 73.6 cm³/mol. The Morgan fingerprint density at radius 1 is 1.42 bits per heavy atom. The summed E-state index contributed by atoms with van der Waals surface area (Å²) in [6.45, 7) is 2.40. The van der Waals surface area contributed by atoms with Crippen LogP contribution in [0.1, 0.15) is 21.8 Å². The van der Waals surface area contributed by atoms with Crippen molar-refractivity contribution in [3.05, 3.63) is 51.5 Å². The van der Waals surface area contributed by atoms with Crippen molar-refractivity contribution in [3.63, 3.8) is 0 Å². The molecule has 2 aromatic rings. The Morgan fingerprint density at radius 2 is 2.16 bits per heavy atom. The van der Waals surface area contributed by atoms with Gasteiger partial charge in [-0.1, -0.05) is 12.1 Å². The molecule has 5 heteroatoms. The largest absolute Gasteiger partial charge is 0.349 e. The molecule has 0 saturated heterocycles. The molecule has 0 radical (unpaired) electrons. The first-order valence-electron chi connectivity index (χ1n) is 5.84. The van der Waals surface area contributed by atoms with Crippen molar-refractivity contribution in [3.8, 4) is 6.07 Å². The van der Waals surface area contributed by atoms with Crippen molar-refractivity contribution in [2.45, 2.75) is 19.9 Å². The molecule has 1 aromatic carbocycles. The Hall–Kier alpha value is -2.19. The second-order valence-corrected chi connectivity index (χ2v) is 5.09. The van der Waals surface area contributed by atoms with Crippen LogP contribution in [0, 0.1) is 18.3 Å². The maximum atomic E-state index is 11.7. The lowest BCUT2D eigenvalue weighted by molar-refractivity contribution is -0.120. The van der Waals surface area contributed by atoms with Gasteiger partial charge in [0.1, 0.15) is 5.01 Å². The number of benzene rings is 1. The highest BCUT2D eigenvalue weighted by Crippen LogP contribution is 2.08. The quantitative estimate of drug-likeness (QED) is 0.927. The van der Waals surface area contributed by atoms with E-state index in [0.29, 0.717) is 18.5 Å². The van der Waals surface area contributed by atoms with E-state index in [0.717, 1.165) is 16.3 Å². The number of aryl methyl sites for hydroxylation is 1. The van der Waals surface area contributed by atoms with Gasteiger partial charge in [0.05, 0.1) is 24.6 Å². The fourth-order valence-corrected chi connectivity index (χ4v) is 2.31. The summed E-state index contributed by atoms with van der Waals surface area (Å²) in [7, 11) is 0. The number of hydrogen-bond donors (Lipinski definition) is 1. The fourth-order valence-electron chi connectivity index (χ4n) is 1.60. The van der Waals surface area contributed by atoms with Crippen LogP contribution < -0.4 is 5.32 Å². The molecule has 0 aliphatic carbocycles. The van der Waals surface area contributed by atoms with Gasteiger partial charge in [-0.25, -0.2) is 4.98 Å². The minimum Gasteiger partial charge on any atom is -0.349 e. The summed E-state index contributed by atoms with van der Waals surface area (Å²) >= 11 is 1.54. The molecule has 1 heterocycles. The van der Waals surface area contributed by atoms with Crippen molar-refractivity contribution in [1.29, 1.82) is 5.26 Å². The lowest BCUT2D eigenvalue weighted by atomic mass is 10.1. The van der Waals surface area contributed by atoms with Gasteiger partial charge < -0.3 is 5.32 Å². The number of aromatic nitrogens is 1. The van der Waals surface area contributed by atoms with Crippen molar-refractivity contribution in [1.82, 2.24) is 10.3 Å². The molecule has 1 N–H and O–H groups in total. The standard InChI is InChI=1S/C14H13N3OS/c1-10-9-19-14(17-10)8-16-13(18)6-11-2-4-12(7-15)5-3-11/h2-5,9H,6,8H2,1H3,(H,16,18). The molecule has 0 fully saturated rings. The van der Waals surface area contributed by atoms with Crippen LogP contribution in [0.15, 0.2) is 29.6 Å². The van der Waals surface area contributed by atoms with E-state index in [1.165, 1.54) is 0 Å². The van der Waals surface area contributed by atoms with Gasteiger partial charge in [0.15, 0.2) is 0 Å². The molecule has 0 atom stereocenters. The minimum atomic E-state index is -0.0439. The third kappa shape index (κ3) is 3.90. The summed E-state index contributed by atoms with van der Waals surface area (Å²) < 4.78 is 0. The lowest BCUT2D eigenvalue weighted by Gasteiger charge is -2.03. The Balaban J connectivity index is 1.85. The average Bonchev–Trinajstić information content (AvgIpc) is 2.83. The second-order valence-electron chi connectivity index (χ2n) is 4.14. The van der Waals surface area contributed by atoms with E-state index in [1.54, 1.807) is 35.6 Å². The summed E-state index contributed by atoms with van der Waals surface area (Å²) in [6.07, 6.45) is 0.316. The third-order valence-electron chi connectivity index (χ3n) is 2.55. The number of rotatable bonds is 4. The maximum absolute atomic E-state index is 11.7.